The van der Waals surface area contributed by atoms with Crippen molar-refractivity contribution in [2.45, 2.75) is 89.3 Å². The minimum Gasteiger partial charge on any atom is -0.497 e. The van der Waals surface area contributed by atoms with E-state index >= 15 is 0 Å². The van der Waals surface area contributed by atoms with E-state index < -0.39 is 0 Å². The van der Waals surface area contributed by atoms with Crippen LogP contribution in [0, 0.1) is 5.92 Å². The third kappa shape index (κ3) is 4.81. The van der Waals surface area contributed by atoms with Crippen molar-refractivity contribution in [3.05, 3.63) is 29.8 Å². The molecular formula is C25H36N2O3. The van der Waals surface area contributed by atoms with Crippen LogP contribution in [0.4, 0.5) is 0 Å². The van der Waals surface area contributed by atoms with Crippen molar-refractivity contribution in [1.82, 2.24) is 9.80 Å². The van der Waals surface area contributed by atoms with Crippen LogP contribution in [0.3, 0.4) is 0 Å². The lowest BCUT2D eigenvalue weighted by Crippen LogP contribution is -2.49. The van der Waals surface area contributed by atoms with Gasteiger partial charge in [-0.05, 0) is 49.3 Å². The summed E-state index contributed by atoms with van der Waals surface area (Å²) in [6.07, 6.45) is 11.5. The Morgan fingerprint density at radius 1 is 1.00 bits per heavy atom. The molecule has 0 N–H and O–H groups in total. The summed E-state index contributed by atoms with van der Waals surface area (Å²) in [4.78, 5) is 30.3. The van der Waals surface area contributed by atoms with Gasteiger partial charge in [0.15, 0.2) is 0 Å². The van der Waals surface area contributed by atoms with Crippen LogP contribution in [-0.4, -0.2) is 47.4 Å². The Morgan fingerprint density at radius 3 is 2.47 bits per heavy atom. The first-order valence-corrected chi connectivity index (χ1v) is 11.9. The molecule has 0 bridgehead atoms. The number of hydrogen-bond acceptors (Lipinski definition) is 3. The second-order valence-electron chi connectivity index (χ2n) is 9.32. The normalized spacial score (nSPS) is 25.2. The Morgan fingerprint density at radius 2 is 1.73 bits per heavy atom. The van der Waals surface area contributed by atoms with Crippen molar-refractivity contribution in [2.75, 3.05) is 13.7 Å². The highest BCUT2D eigenvalue weighted by Gasteiger charge is 2.42. The van der Waals surface area contributed by atoms with E-state index in [-0.39, 0.29) is 18.0 Å². The SMILES string of the molecule is COc1ccc(CN2C(=O)CCCC[C@@H]3[C@@H]2CCN3C(=O)CCC2CCCC2)cc1. The molecule has 4 rings (SSSR count). The quantitative estimate of drug-likeness (QED) is 0.689. The summed E-state index contributed by atoms with van der Waals surface area (Å²) < 4.78 is 5.26. The molecule has 2 heterocycles. The van der Waals surface area contributed by atoms with Crippen molar-refractivity contribution in [1.29, 1.82) is 0 Å². The fourth-order valence-corrected chi connectivity index (χ4v) is 5.72. The lowest BCUT2D eigenvalue weighted by atomic mass is 9.95. The minimum atomic E-state index is 0.148. The van der Waals surface area contributed by atoms with Gasteiger partial charge in [-0.1, -0.05) is 44.2 Å². The van der Waals surface area contributed by atoms with Gasteiger partial charge in [0, 0.05) is 25.9 Å². The molecule has 3 fully saturated rings. The smallest absolute Gasteiger partial charge is 0.223 e. The molecule has 0 aromatic heterocycles. The second kappa shape index (κ2) is 9.84. The van der Waals surface area contributed by atoms with E-state index in [2.05, 4.69) is 9.80 Å². The van der Waals surface area contributed by atoms with Gasteiger partial charge in [-0.3, -0.25) is 9.59 Å². The van der Waals surface area contributed by atoms with E-state index in [1.807, 2.05) is 24.3 Å². The number of fused-ring (bicyclic) bond motifs is 1. The fourth-order valence-electron chi connectivity index (χ4n) is 5.72. The fraction of sp³-hybridized carbons (Fsp3) is 0.680. The van der Waals surface area contributed by atoms with E-state index in [0.717, 1.165) is 55.9 Å². The molecular weight excluding hydrogens is 376 g/mol. The molecule has 0 unspecified atom stereocenters. The number of methoxy groups -OCH3 is 1. The highest BCUT2D eigenvalue weighted by Crippen LogP contribution is 2.33. The molecule has 5 nitrogen and oxygen atoms in total. The third-order valence-electron chi connectivity index (χ3n) is 7.44. The Labute approximate surface area is 180 Å². The van der Waals surface area contributed by atoms with E-state index in [1.165, 1.54) is 25.7 Å². The molecule has 0 radical (unpaired) electrons. The van der Waals surface area contributed by atoms with Gasteiger partial charge < -0.3 is 14.5 Å². The summed E-state index contributed by atoms with van der Waals surface area (Å²) in [6.45, 7) is 1.42. The van der Waals surface area contributed by atoms with Crippen molar-refractivity contribution >= 4 is 11.8 Å². The molecule has 5 heteroatoms. The predicted molar refractivity (Wildman–Crippen MR) is 117 cm³/mol. The summed E-state index contributed by atoms with van der Waals surface area (Å²) in [5.41, 5.74) is 1.12. The summed E-state index contributed by atoms with van der Waals surface area (Å²) in [5.74, 6) is 2.13. The number of likely N-dealkylation sites (tertiary alicyclic amines) is 2. The zero-order chi connectivity index (χ0) is 20.9. The largest absolute Gasteiger partial charge is 0.497 e. The van der Waals surface area contributed by atoms with Crippen molar-refractivity contribution < 1.29 is 14.3 Å². The topological polar surface area (TPSA) is 49.9 Å². The molecule has 1 aromatic rings. The molecule has 1 aromatic carbocycles. The highest BCUT2D eigenvalue weighted by molar-refractivity contribution is 5.79. The van der Waals surface area contributed by atoms with Crippen LogP contribution in [0.2, 0.25) is 0 Å². The van der Waals surface area contributed by atoms with Crippen LogP contribution in [-0.2, 0) is 16.1 Å². The van der Waals surface area contributed by atoms with E-state index in [1.54, 1.807) is 7.11 Å². The number of hydrogen-bond donors (Lipinski definition) is 0. The van der Waals surface area contributed by atoms with E-state index in [0.29, 0.717) is 25.3 Å². The van der Waals surface area contributed by atoms with Crippen LogP contribution < -0.4 is 4.74 Å². The molecule has 2 saturated heterocycles. The van der Waals surface area contributed by atoms with Gasteiger partial charge in [0.2, 0.25) is 11.8 Å². The van der Waals surface area contributed by atoms with Gasteiger partial charge in [0.1, 0.15) is 5.75 Å². The first-order valence-electron chi connectivity index (χ1n) is 11.9. The van der Waals surface area contributed by atoms with Crippen LogP contribution in [0.1, 0.15) is 76.2 Å². The Bertz CT molecular complexity index is 726. The zero-order valence-electron chi connectivity index (χ0n) is 18.4. The lowest BCUT2D eigenvalue weighted by Gasteiger charge is -2.37. The molecule has 1 saturated carbocycles. The average molecular weight is 413 g/mol. The molecule has 3 aliphatic rings. The number of amides is 2. The highest BCUT2D eigenvalue weighted by atomic mass is 16.5. The average Bonchev–Trinajstić information content (AvgIpc) is 3.42. The molecule has 0 spiro atoms. The van der Waals surface area contributed by atoms with E-state index in [4.69, 9.17) is 4.74 Å². The van der Waals surface area contributed by atoms with Crippen LogP contribution in [0.5, 0.6) is 5.75 Å². The first-order chi connectivity index (χ1) is 14.7. The van der Waals surface area contributed by atoms with Crippen LogP contribution >= 0.6 is 0 Å². The minimum absolute atomic E-state index is 0.148. The van der Waals surface area contributed by atoms with Gasteiger partial charge in [-0.2, -0.15) is 0 Å². The number of ether oxygens (including phenoxy) is 1. The summed E-state index contributed by atoms with van der Waals surface area (Å²) in [7, 11) is 1.66. The van der Waals surface area contributed by atoms with Gasteiger partial charge >= 0.3 is 0 Å². The first kappa shape index (κ1) is 21.2. The number of rotatable bonds is 6. The van der Waals surface area contributed by atoms with Gasteiger partial charge in [-0.25, -0.2) is 0 Å². The molecule has 2 aliphatic heterocycles. The number of nitrogens with zero attached hydrogens (tertiary/aromatic N) is 2. The monoisotopic (exact) mass is 412 g/mol. The van der Waals surface area contributed by atoms with Crippen molar-refractivity contribution in [2.24, 2.45) is 5.92 Å². The maximum atomic E-state index is 13.1. The Kier molecular flexibility index (Phi) is 6.96. The molecule has 164 valence electrons. The number of carbonyl (C=O) groups excluding carboxylic acids is 2. The molecule has 30 heavy (non-hydrogen) atoms. The van der Waals surface area contributed by atoms with Gasteiger partial charge in [-0.15, -0.1) is 0 Å². The zero-order valence-corrected chi connectivity index (χ0v) is 18.4. The maximum Gasteiger partial charge on any atom is 0.223 e. The predicted octanol–water partition coefficient (Wildman–Crippen LogP) is 4.54. The maximum absolute atomic E-state index is 13.1. The number of benzene rings is 1. The lowest BCUT2D eigenvalue weighted by molar-refractivity contribution is -0.139. The molecule has 2 amide bonds. The summed E-state index contributed by atoms with van der Waals surface area (Å²) in [5, 5.41) is 0. The van der Waals surface area contributed by atoms with Crippen LogP contribution in [0.25, 0.3) is 0 Å². The standard InChI is InChI=1S/C25H36N2O3/c1-30-21-13-10-20(11-14-21)18-27-23-16-17-26(22(23)8-4-5-9-24(27)28)25(29)15-12-19-6-2-3-7-19/h10-11,13-14,19,22-23H,2-9,12,15-18H2,1H3/t22-,23+/m1/s1. The van der Waals surface area contributed by atoms with Crippen molar-refractivity contribution in [3.63, 3.8) is 0 Å². The van der Waals surface area contributed by atoms with E-state index in [9.17, 15) is 9.59 Å². The van der Waals surface area contributed by atoms with Gasteiger partial charge in [0.25, 0.3) is 0 Å². The number of carbonyl (C=O) groups is 2. The Hall–Kier alpha value is -2.04. The van der Waals surface area contributed by atoms with Gasteiger partial charge in [0.05, 0.1) is 19.2 Å². The van der Waals surface area contributed by atoms with Crippen LogP contribution in [0.15, 0.2) is 24.3 Å². The summed E-state index contributed by atoms with van der Waals surface area (Å²) >= 11 is 0. The Balaban J connectivity index is 1.44. The third-order valence-corrected chi connectivity index (χ3v) is 7.44. The second-order valence-corrected chi connectivity index (χ2v) is 9.32. The van der Waals surface area contributed by atoms with Crippen molar-refractivity contribution in [3.8, 4) is 5.75 Å². The molecule has 1 aliphatic carbocycles. The summed E-state index contributed by atoms with van der Waals surface area (Å²) in [6, 6.07) is 8.32. The molecule has 2 atom stereocenters.